The lowest BCUT2D eigenvalue weighted by Crippen LogP contribution is -2.30. The molecule has 0 aromatic heterocycles. The Hall–Kier alpha value is -1.47. The molecule has 1 unspecified atom stereocenters. The molecule has 3 N–H and O–H groups in total. The number of hydrogen-bond acceptors (Lipinski definition) is 6. The minimum Gasteiger partial charge on any atom is -0.475 e. The van der Waals surface area contributed by atoms with Gasteiger partial charge in [0.1, 0.15) is 12.6 Å². The Morgan fingerprint density at radius 1 is 0.508 bits per heavy atom. The van der Waals surface area contributed by atoms with Gasteiger partial charge in [-0.05, 0) is 36.8 Å². The summed E-state index contributed by atoms with van der Waals surface area (Å²) < 4.78 is 17.6. The number of aliphatic hydroxyl groups excluding tert-OH is 1. The van der Waals surface area contributed by atoms with Gasteiger partial charge in [0.2, 0.25) is 5.90 Å². The normalized spacial score (nSPS) is 15.0. The van der Waals surface area contributed by atoms with Gasteiger partial charge in [0, 0.05) is 18.8 Å². The van der Waals surface area contributed by atoms with Crippen molar-refractivity contribution >= 4 is 5.90 Å². The SMILES string of the molecule is CCCCCCCCCCCCC[C@@H](CCCCCCC)CCOCC(N)CO.CCCCCCCCCCCCC[C@@H](CCCCCCC)CCOC[C@@H]1COC(c2ccccc2)=N1. The molecule has 6 heteroatoms. The van der Waals surface area contributed by atoms with Gasteiger partial charge in [-0.25, -0.2) is 4.99 Å². The fourth-order valence-corrected chi connectivity index (χ4v) is 9.38. The summed E-state index contributed by atoms with van der Waals surface area (Å²) in [6.45, 7) is 12.6. The monoisotopic (exact) mass is 913 g/mol. The fourth-order valence-electron chi connectivity index (χ4n) is 9.38. The molecule has 4 atom stereocenters. The maximum absolute atomic E-state index is 8.99. The molecule has 0 amide bonds. The van der Waals surface area contributed by atoms with Crippen LogP contribution in [0, 0.1) is 11.8 Å². The quantitative estimate of drug-likeness (QED) is 0.0636. The van der Waals surface area contributed by atoms with Crippen molar-refractivity contribution in [2.24, 2.45) is 22.6 Å². The van der Waals surface area contributed by atoms with E-state index in [4.69, 9.17) is 30.0 Å². The van der Waals surface area contributed by atoms with E-state index in [1.54, 1.807) is 0 Å². The zero-order chi connectivity index (χ0) is 46.9. The van der Waals surface area contributed by atoms with Gasteiger partial charge in [0.05, 0.1) is 25.9 Å². The third-order valence-electron chi connectivity index (χ3n) is 13.8. The highest BCUT2D eigenvalue weighted by Crippen LogP contribution is 2.24. The Morgan fingerprint density at radius 3 is 1.23 bits per heavy atom. The standard InChI is InChI=1S/C33H57NO2.C26H55NO2/c1-3-5-7-9-10-11-12-13-14-16-19-23-30(22-18-15-8-6-4-2)26-27-35-28-32-29-36-33(34-32)31-24-20-17-21-25-31;1-3-5-7-9-10-11-12-13-14-16-18-20-25(19-17-15-8-6-4-2)21-22-29-24-26(27)23-28/h17,20-21,24-25,30,32H,3-16,18-19,22-23,26-29H2,1-2H3;25-26,28H,3-24,27H2,1-2H3/t30-,32-;25-,26?/m11/s1. The molecule has 1 aromatic rings. The first kappa shape index (κ1) is 61.5. The zero-order valence-electron chi connectivity index (χ0n) is 44.0. The lowest BCUT2D eigenvalue weighted by molar-refractivity contribution is 0.0887. The van der Waals surface area contributed by atoms with Crippen LogP contribution in [0.15, 0.2) is 35.3 Å². The number of ether oxygens (including phenoxy) is 3. The average molecular weight is 914 g/mol. The lowest BCUT2D eigenvalue weighted by Gasteiger charge is -2.18. The fraction of sp³-hybridized carbons (Fsp3) is 0.881. The van der Waals surface area contributed by atoms with Crippen LogP contribution in [0.25, 0.3) is 0 Å². The third-order valence-corrected chi connectivity index (χ3v) is 13.8. The Balaban J connectivity index is 0.000000667. The molecule has 2 rings (SSSR count). The summed E-state index contributed by atoms with van der Waals surface area (Å²) >= 11 is 0. The summed E-state index contributed by atoms with van der Waals surface area (Å²) in [5.74, 6) is 2.40. The molecule has 65 heavy (non-hydrogen) atoms. The summed E-state index contributed by atoms with van der Waals surface area (Å²) in [5, 5.41) is 8.99. The molecular weight excluding hydrogens is 801 g/mol. The molecular formula is C59H112N2O4. The van der Waals surface area contributed by atoms with Crippen molar-refractivity contribution in [1.82, 2.24) is 0 Å². The summed E-state index contributed by atoms with van der Waals surface area (Å²) in [6, 6.07) is 10.1. The van der Waals surface area contributed by atoms with E-state index in [2.05, 4.69) is 39.8 Å². The summed E-state index contributed by atoms with van der Waals surface area (Å²) in [6.07, 6.45) is 52.9. The molecule has 0 fully saturated rings. The van der Waals surface area contributed by atoms with Crippen molar-refractivity contribution < 1.29 is 19.3 Å². The van der Waals surface area contributed by atoms with Crippen LogP contribution in [0.1, 0.15) is 277 Å². The first-order valence-corrected chi connectivity index (χ1v) is 28.9. The van der Waals surface area contributed by atoms with Gasteiger partial charge < -0.3 is 25.1 Å². The second-order valence-corrected chi connectivity index (χ2v) is 20.2. The molecule has 0 bridgehead atoms. The number of nitrogens with two attached hydrogens (primary N) is 1. The van der Waals surface area contributed by atoms with Gasteiger partial charge in [-0.3, -0.25) is 0 Å². The first-order chi connectivity index (χ1) is 32.1. The molecule has 1 aromatic carbocycles. The van der Waals surface area contributed by atoms with Gasteiger partial charge in [-0.2, -0.15) is 0 Å². The number of unbranched alkanes of at least 4 members (excludes halogenated alkanes) is 28. The molecule has 1 heterocycles. The summed E-state index contributed by atoms with van der Waals surface area (Å²) in [7, 11) is 0. The van der Waals surface area contributed by atoms with Crippen LogP contribution in [0.5, 0.6) is 0 Å². The second kappa shape index (κ2) is 49.0. The smallest absolute Gasteiger partial charge is 0.216 e. The van der Waals surface area contributed by atoms with Crippen molar-refractivity contribution in [2.45, 2.75) is 284 Å². The highest BCUT2D eigenvalue weighted by molar-refractivity contribution is 5.95. The molecule has 382 valence electrons. The molecule has 1 aliphatic rings. The van der Waals surface area contributed by atoms with E-state index in [0.29, 0.717) is 19.8 Å². The number of hydrogen-bond donors (Lipinski definition) is 2. The summed E-state index contributed by atoms with van der Waals surface area (Å²) in [5.41, 5.74) is 6.78. The van der Waals surface area contributed by atoms with E-state index in [-0.39, 0.29) is 18.7 Å². The molecule has 0 radical (unpaired) electrons. The van der Waals surface area contributed by atoms with Gasteiger partial charge in [0.25, 0.3) is 0 Å². The Morgan fingerprint density at radius 2 is 0.862 bits per heavy atom. The molecule has 0 aliphatic carbocycles. The molecule has 0 saturated heterocycles. The minimum atomic E-state index is -0.228. The second-order valence-electron chi connectivity index (χ2n) is 20.2. The number of benzene rings is 1. The maximum Gasteiger partial charge on any atom is 0.216 e. The number of rotatable bonds is 48. The molecule has 0 spiro atoms. The third kappa shape index (κ3) is 40.2. The van der Waals surface area contributed by atoms with Crippen molar-refractivity contribution in [3.05, 3.63) is 35.9 Å². The molecule has 0 saturated carbocycles. The molecule has 1 aliphatic heterocycles. The van der Waals surface area contributed by atoms with Crippen molar-refractivity contribution in [3.63, 3.8) is 0 Å². The van der Waals surface area contributed by atoms with Gasteiger partial charge >= 0.3 is 0 Å². The van der Waals surface area contributed by atoms with Gasteiger partial charge in [-0.15, -0.1) is 0 Å². The van der Waals surface area contributed by atoms with Crippen LogP contribution in [-0.2, 0) is 14.2 Å². The maximum atomic E-state index is 8.99. The highest BCUT2D eigenvalue weighted by atomic mass is 16.5. The zero-order valence-corrected chi connectivity index (χ0v) is 44.0. The Labute approximate surface area is 405 Å². The summed E-state index contributed by atoms with van der Waals surface area (Å²) in [4.78, 5) is 4.73. The predicted molar refractivity (Wildman–Crippen MR) is 285 cm³/mol. The minimum absolute atomic E-state index is 0.0135. The van der Waals surface area contributed by atoms with Crippen LogP contribution in [0.2, 0.25) is 0 Å². The van der Waals surface area contributed by atoms with Crippen molar-refractivity contribution in [2.75, 3.05) is 39.6 Å². The van der Waals surface area contributed by atoms with E-state index >= 15 is 0 Å². The van der Waals surface area contributed by atoms with Gasteiger partial charge in [-0.1, -0.05) is 277 Å². The van der Waals surface area contributed by atoms with Crippen LogP contribution in [-0.4, -0.2) is 62.7 Å². The van der Waals surface area contributed by atoms with E-state index in [1.807, 2.05) is 18.2 Å². The largest absolute Gasteiger partial charge is 0.475 e. The van der Waals surface area contributed by atoms with Crippen LogP contribution in [0.4, 0.5) is 0 Å². The average Bonchev–Trinajstić information content (AvgIpc) is 3.81. The van der Waals surface area contributed by atoms with Gasteiger partial charge in [0.15, 0.2) is 0 Å². The van der Waals surface area contributed by atoms with E-state index in [0.717, 1.165) is 42.9 Å². The van der Waals surface area contributed by atoms with E-state index in [9.17, 15) is 0 Å². The van der Waals surface area contributed by atoms with Crippen molar-refractivity contribution in [3.8, 4) is 0 Å². The Kier molecular flexibility index (Phi) is 46.4. The predicted octanol–water partition coefficient (Wildman–Crippen LogP) is 17.3. The Bertz CT molecular complexity index is 1100. The van der Waals surface area contributed by atoms with Crippen LogP contribution >= 0.6 is 0 Å². The number of aliphatic hydroxyl groups is 1. The number of aliphatic imine (C=N–C) groups is 1. The van der Waals surface area contributed by atoms with E-state index < -0.39 is 0 Å². The van der Waals surface area contributed by atoms with Crippen LogP contribution in [0.3, 0.4) is 0 Å². The lowest BCUT2D eigenvalue weighted by atomic mass is 9.91. The van der Waals surface area contributed by atoms with Crippen molar-refractivity contribution in [1.29, 1.82) is 0 Å². The highest BCUT2D eigenvalue weighted by Gasteiger charge is 2.20. The topological polar surface area (TPSA) is 86.3 Å². The number of nitrogens with zero attached hydrogens (tertiary/aromatic N) is 1. The first-order valence-electron chi connectivity index (χ1n) is 28.9. The van der Waals surface area contributed by atoms with Crippen LogP contribution < -0.4 is 5.73 Å². The molecule has 6 nitrogen and oxygen atoms in total. The van der Waals surface area contributed by atoms with E-state index in [1.165, 1.54) is 238 Å².